The van der Waals surface area contributed by atoms with Crippen LogP contribution < -0.4 is 10.6 Å². The first-order valence-electron chi connectivity index (χ1n) is 7.23. The van der Waals surface area contributed by atoms with Crippen LogP contribution in [0.3, 0.4) is 0 Å². The third kappa shape index (κ3) is 4.02. The second-order valence-electron chi connectivity index (χ2n) is 5.23. The molecule has 5 nitrogen and oxygen atoms in total. The van der Waals surface area contributed by atoms with Crippen molar-refractivity contribution in [2.45, 2.75) is 19.3 Å². The summed E-state index contributed by atoms with van der Waals surface area (Å²) < 4.78 is 0. The SMILES string of the molecule is O=C(Nc1ccc(NCCc2ccccc2)nn1)C1CC1. The predicted molar refractivity (Wildman–Crippen MR) is 82.0 cm³/mol. The summed E-state index contributed by atoms with van der Waals surface area (Å²) in [5, 5.41) is 14.1. The van der Waals surface area contributed by atoms with Crippen LogP contribution >= 0.6 is 0 Å². The number of rotatable bonds is 6. The Balaban J connectivity index is 1.46. The van der Waals surface area contributed by atoms with Gasteiger partial charge < -0.3 is 10.6 Å². The number of anilines is 2. The van der Waals surface area contributed by atoms with Crippen molar-refractivity contribution in [3.63, 3.8) is 0 Å². The number of carbonyl (C=O) groups excluding carboxylic acids is 1. The fourth-order valence-corrected chi connectivity index (χ4v) is 2.05. The third-order valence-electron chi connectivity index (χ3n) is 3.43. The Morgan fingerprint density at radius 1 is 1.05 bits per heavy atom. The maximum Gasteiger partial charge on any atom is 0.228 e. The van der Waals surface area contributed by atoms with Crippen LogP contribution in [0.1, 0.15) is 18.4 Å². The molecule has 1 saturated carbocycles. The highest BCUT2D eigenvalue weighted by Gasteiger charge is 2.29. The third-order valence-corrected chi connectivity index (χ3v) is 3.43. The van der Waals surface area contributed by atoms with Gasteiger partial charge in [0.05, 0.1) is 0 Å². The van der Waals surface area contributed by atoms with Gasteiger partial charge in [0.15, 0.2) is 5.82 Å². The van der Waals surface area contributed by atoms with Gasteiger partial charge in [0, 0.05) is 12.5 Å². The van der Waals surface area contributed by atoms with Crippen LogP contribution in [-0.2, 0) is 11.2 Å². The van der Waals surface area contributed by atoms with Gasteiger partial charge in [-0.05, 0) is 37.0 Å². The van der Waals surface area contributed by atoms with Crippen molar-refractivity contribution in [1.82, 2.24) is 10.2 Å². The molecular formula is C16H18N4O. The maximum atomic E-state index is 11.6. The summed E-state index contributed by atoms with van der Waals surface area (Å²) in [6, 6.07) is 13.9. The number of nitrogens with zero attached hydrogens (tertiary/aromatic N) is 2. The Labute approximate surface area is 123 Å². The molecule has 1 amide bonds. The Bertz CT molecular complexity index is 593. The minimum Gasteiger partial charge on any atom is -0.368 e. The molecule has 0 radical (unpaired) electrons. The molecule has 0 spiro atoms. The quantitative estimate of drug-likeness (QED) is 0.854. The van der Waals surface area contributed by atoms with Gasteiger partial charge in [-0.1, -0.05) is 30.3 Å². The molecule has 3 rings (SSSR count). The van der Waals surface area contributed by atoms with Gasteiger partial charge in [0.2, 0.25) is 5.91 Å². The lowest BCUT2D eigenvalue weighted by Gasteiger charge is -2.06. The summed E-state index contributed by atoms with van der Waals surface area (Å²) >= 11 is 0. The lowest BCUT2D eigenvalue weighted by Crippen LogP contribution is -2.15. The van der Waals surface area contributed by atoms with Gasteiger partial charge in [-0.3, -0.25) is 4.79 Å². The van der Waals surface area contributed by atoms with Gasteiger partial charge in [-0.25, -0.2) is 0 Å². The van der Waals surface area contributed by atoms with E-state index in [1.807, 2.05) is 24.3 Å². The highest BCUT2D eigenvalue weighted by Crippen LogP contribution is 2.29. The topological polar surface area (TPSA) is 66.9 Å². The van der Waals surface area contributed by atoms with Gasteiger partial charge in [0.25, 0.3) is 0 Å². The number of benzene rings is 1. The zero-order valence-electron chi connectivity index (χ0n) is 11.7. The standard InChI is InChI=1S/C16H18N4O/c21-16(13-6-7-13)18-15-9-8-14(19-20-15)17-11-10-12-4-2-1-3-5-12/h1-5,8-9,13H,6-7,10-11H2,(H,17,19)(H,18,20,21). The number of hydrogen-bond acceptors (Lipinski definition) is 4. The number of aromatic nitrogens is 2. The molecule has 1 fully saturated rings. The summed E-state index contributed by atoms with van der Waals surface area (Å²) in [4.78, 5) is 11.6. The van der Waals surface area contributed by atoms with E-state index in [-0.39, 0.29) is 11.8 Å². The van der Waals surface area contributed by atoms with E-state index in [1.54, 1.807) is 6.07 Å². The molecule has 1 aromatic heterocycles. The Morgan fingerprint density at radius 2 is 1.76 bits per heavy atom. The summed E-state index contributed by atoms with van der Waals surface area (Å²) in [5.74, 6) is 1.46. The number of amides is 1. The van der Waals surface area contributed by atoms with Crippen LogP contribution in [0.15, 0.2) is 42.5 Å². The van der Waals surface area contributed by atoms with Crippen LogP contribution in [-0.4, -0.2) is 22.6 Å². The van der Waals surface area contributed by atoms with E-state index in [1.165, 1.54) is 5.56 Å². The number of carbonyl (C=O) groups is 1. The first kappa shape index (κ1) is 13.5. The van der Waals surface area contributed by atoms with Gasteiger partial charge in [0.1, 0.15) is 5.82 Å². The first-order valence-corrected chi connectivity index (χ1v) is 7.23. The normalized spacial score (nSPS) is 13.7. The predicted octanol–water partition coefficient (Wildman–Crippen LogP) is 2.48. The molecule has 2 aromatic rings. The molecule has 1 heterocycles. The Morgan fingerprint density at radius 3 is 2.43 bits per heavy atom. The highest BCUT2D eigenvalue weighted by molar-refractivity contribution is 5.93. The molecule has 1 aromatic carbocycles. The molecule has 0 unspecified atom stereocenters. The van der Waals surface area contributed by atoms with Crippen LogP contribution in [0, 0.1) is 5.92 Å². The number of nitrogens with one attached hydrogen (secondary N) is 2. The first-order chi connectivity index (χ1) is 10.3. The van der Waals surface area contributed by atoms with Crippen LogP contribution in [0.5, 0.6) is 0 Å². The zero-order valence-corrected chi connectivity index (χ0v) is 11.7. The summed E-state index contributed by atoms with van der Waals surface area (Å²) in [6.45, 7) is 0.798. The van der Waals surface area contributed by atoms with Gasteiger partial charge in [-0.2, -0.15) is 0 Å². The molecule has 2 N–H and O–H groups in total. The van der Waals surface area contributed by atoms with Crippen molar-refractivity contribution in [3.05, 3.63) is 48.0 Å². The monoisotopic (exact) mass is 282 g/mol. The van der Waals surface area contributed by atoms with Crippen LogP contribution in [0.25, 0.3) is 0 Å². The van der Waals surface area contributed by atoms with E-state index in [2.05, 4.69) is 33.0 Å². The van der Waals surface area contributed by atoms with Gasteiger partial charge >= 0.3 is 0 Å². The molecule has 0 bridgehead atoms. The average Bonchev–Trinajstić information content (AvgIpc) is 3.35. The van der Waals surface area contributed by atoms with E-state index < -0.39 is 0 Å². The lowest BCUT2D eigenvalue weighted by atomic mass is 10.1. The fraction of sp³-hybridized carbons (Fsp3) is 0.312. The summed E-state index contributed by atoms with van der Waals surface area (Å²) in [7, 11) is 0. The van der Waals surface area contributed by atoms with Crippen molar-refractivity contribution in [3.8, 4) is 0 Å². The minimum atomic E-state index is 0.0501. The van der Waals surface area contributed by atoms with E-state index in [4.69, 9.17) is 0 Å². The second-order valence-corrected chi connectivity index (χ2v) is 5.23. The highest BCUT2D eigenvalue weighted by atomic mass is 16.2. The lowest BCUT2D eigenvalue weighted by molar-refractivity contribution is -0.117. The zero-order chi connectivity index (χ0) is 14.5. The number of hydrogen-bond donors (Lipinski definition) is 2. The Hall–Kier alpha value is -2.43. The van der Waals surface area contributed by atoms with Crippen LogP contribution in [0.4, 0.5) is 11.6 Å². The Kier molecular flexibility index (Phi) is 4.09. The molecular weight excluding hydrogens is 264 g/mol. The molecule has 21 heavy (non-hydrogen) atoms. The fourth-order valence-electron chi connectivity index (χ4n) is 2.05. The maximum absolute atomic E-state index is 11.6. The molecule has 1 aliphatic rings. The molecule has 0 aliphatic heterocycles. The van der Waals surface area contributed by atoms with Crippen molar-refractivity contribution in [2.75, 3.05) is 17.2 Å². The van der Waals surface area contributed by atoms with E-state index in [0.717, 1.165) is 31.6 Å². The van der Waals surface area contributed by atoms with Crippen LogP contribution in [0.2, 0.25) is 0 Å². The largest absolute Gasteiger partial charge is 0.368 e. The molecule has 0 saturated heterocycles. The van der Waals surface area contributed by atoms with Crippen molar-refractivity contribution in [2.24, 2.45) is 5.92 Å². The second kappa shape index (κ2) is 6.35. The molecule has 5 heteroatoms. The molecule has 108 valence electrons. The summed E-state index contributed by atoms with van der Waals surface area (Å²) in [5.41, 5.74) is 1.28. The van der Waals surface area contributed by atoms with E-state index in [9.17, 15) is 4.79 Å². The van der Waals surface area contributed by atoms with E-state index >= 15 is 0 Å². The van der Waals surface area contributed by atoms with Gasteiger partial charge in [-0.15, -0.1) is 10.2 Å². The average molecular weight is 282 g/mol. The summed E-state index contributed by atoms with van der Waals surface area (Å²) in [6.07, 6.45) is 2.90. The van der Waals surface area contributed by atoms with Crippen molar-refractivity contribution in [1.29, 1.82) is 0 Å². The minimum absolute atomic E-state index is 0.0501. The molecule has 1 aliphatic carbocycles. The smallest absolute Gasteiger partial charge is 0.228 e. The van der Waals surface area contributed by atoms with Crippen molar-refractivity contribution < 1.29 is 4.79 Å². The van der Waals surface area contributed by atoms with E-state index in [0.29, 0.717) is 5.82 Å². The van der Waals surface area contributed by atoms with Crippen molar-refractivity contribution >= 4 is 17.5 Å². The molecule has 0 atom stereocenters.